The maximum Gasteiger partial charge on any atom is 0.119 e. The van der Waals surface area contributed by atoms with Crippen LogP contribution >= 0.6 is 0 Å². The lowest BCUT2D eigenvalue weighted by Gasteiger charge is -2.36. The number of benzene rings is 1. The molecule has 1 aliphatic rings. The summed E-state index contributed by atoms with van der Waals surface area (Å²) in [6.45, 7) is 7.01. The van der Waals surface area contributed by atoms with Gasteiger partial charge in [-0.05, 0) is 55.7 Å². The summed E-state index contributed by atoms with van der Waals surface area (Å²) in [7, 11) is 1.72. The number of nitrogens with one attached hydrogen (secondary N) is 1. The van der Waals surface area contributed by atoms with Crippen molar-refractivity contribution in [1.29, 1.82) is 0 Å². The molecule has 0 spiro atoms. The van der Waals surface area contributed by atoms with Gasteiger partial charge in [-0.1, -0.05) is 26.0 Å². The Kier molecular flexibility index (Phi) is 4.51. The average molecular weight is 261 g/mol. The Morgan fingerprint density at radius 1 is 1.26 bits per heavy atom. The van der Waals surface area contributed by atoms with Crippen LogP contribution < -0.4 is 10.1 Å². The van der Waals surface area contributed by atoms with Crippen LogP contribution in [-0.2, 0) is 0 Å². The molecule has 1 aliphatic carbocycles. The molecule has 106 valence electrons. The zero-order valence-corrected chi connectivity index (χ0v) is 12.7. The molecule has 2 nitrogen and oxygen atoms in total. The predicted molar refractivity (Wildman–Crippen MR) is 80.6 cm³/mol. The fourth-order valence-corrected chi connectivity index (χ4v) is 2.93. The molecule has 1 saturated carbocycles. The minimum absolute atomic E-state index is 0.390. The molecule has 1 atom stereocenters. The van der Waals surface area contributed by atoms with Gasteiger partial charge in [0.25, 0.3) is 0 Å². The van der Waals surface area contributed by atoms with Crippen molar-refractivity contribution in [3.05, 3.63) is 29.8 Å². The highest BCUT2D eigenvalue weighted by atomic mass is 16.5. The highest BCUT2D eigenvalue weighted by Crippen LogP contribution is 2.35. The van der Waals surface area contributed by atoms with Gasteiger partial charge in [0.1, 0.15) is 5.75 Å². The second kappa shape index (κ2) is 5.96. The molecule has 0 amide bonds. The quantitative estimate of drug-likeness (QED) is 0.871. The molecule has 0 aliphatic heterocycles. The molecule has 0 saturated heterocycles. The van der Waals surface area contributed by atoms with Crippen molar-refractivity contribution in [1.82, 2.24) is 5.32 Å². The van der Waals surface area contributed by atoms with Gasteiger partial charge in [-0.15, -0.1) is 0 Å². The monoisotopic (exact) mass is 261 g/mol. The molecular formula is C17H27NO. The van der Waals surface area contributed by atoms with Crippen molar-refractivity contribution in [2.75, 3.05) is 7.11 Å². The van der Waals surface area contributed by atoms with Crippen molar-refractivity contribution < 1.29 is 4.74 Å². The molecule has 2 rings (SSSR count). The molecule has 2 heteroatoms. The number of methoxy groups -OCH3 is 1. The van der Waals surface area contributed by atoms with Gasteiger partial charge in [0.2, 0.25) is 0 Å². The summed E-state index contributed by atoms with van der Waals surface area (Å²) in [6.07, 6.45) is 5.24. The number of ether oxygens (including phenoxy) is 1. The van der Waals surface area contributed by atoms with E-state index in [0.29, 0.717) is 17.5 Å². The summed E-state index contributed by atoms with van der Waals surface area (Å²) >= 11 is 0. The Bertz CT molecular complexity index is 403. The van der Waals surface area contributed by atoms with E-state index in [-0.39, 0.29) is 0 Å². The van der Waals surface area contributed by atoms with E-state index in [1.54, 1.807) is 7.11 Å². The van der Waals surface area contributed by atoms with Crippen molar-refractivity contribution in [3.63, 3.8) is 0 Å². The van der Waals surface area contributed by atoms with E-state index < -0.39 is 0 Å². The van der Waals surface area contributed by atoms with Gasteiger partial charge in [0.15, 0.2) is 0 Å². The fourth-order valence-electron chi connectivity index (χ4n) is 2.93. The zero-order valence-electron chi connectivity index (χ0n) is 12.7. The lowest BCUT2D eigenvalue weighted by molar-refractivity contribution is 0.200. The Morgan fingerprint density at radius 2 is 1.95 bits per heavy atom. The van der Waals surface area contributed by atoms with Gasteiger partial charge >= 0.3 is 0 Å². The van der Waals surface area contributed by atoms with Crippen LogP contribution in [0.1, 0.15) is 58.1 Å². The molecule has 19 heavy (non-hydrogen) atoms. The van der Waals surface area contributed by atoms with Crippen LogP contribution in [0, 0.1) is 5.41 Å². The van der Waals surface area contributed by atoms with Gasteiger partial charge in [-0.25, -0.2) is 0 Å². The van der Waals surface area contributed by atoms with E-state index in [9.17, 15) is 0 Å². The maximum atomic E-state index is 5.29. The Morgan fingerprint density at radius 3 is 2.58 bits per heavy atom. The maximum absolute atomic E-state index is 5.29. The van der Waals surface area contributed by atoms with Gasteiger partial charge in [-0.2, -0.15) is 0 Å². The predicted octanol–water partition coefficient (Wildman–Crippen LogP) is 4.31. The zero-order chi connectivity index (χ0) is 13.9. The molecule has 1 N–H and O–H groups in total. The first-order chi connectivity index (χ1) is 9.00. The SMILES string of the molecule is COc1cccc([C@H](C)NC2CCC(C)(C)CC2)c1. The highest BCUT2D eigenvalue weighted by molar-refractivity contribution is 5.30. The summed E-state index contributed by atoms with van der Waals surface area (Å²) in [4.78, 5) is 0. The van der Waals surface area contributed by atoms with E-state index in [1.165, 1.54) is 31.2 Å². The second-order valence-corrected chi connectivity index (χ2v) is 6.60. The van der Waals surface area contributed by atoms with Gasteiger partial charge in [0.05, 0.1) is 7.11 Å². The van der Waals surface area contributed by atoms with E-state index in [4.69, 9.17) is 4.74 Å². The van der Waals surface area contributed by atoms with Gasteiger partial charge in [0, 0.05) is 12.1 Å². The van der Waals surface area contributed by atoms with Gasteiger partial charge < -0.3 is 10.1 Å². The van der Waals surface area contributed by atoms with E-state index in [0.717, 1.165) is 5.75 Å². The second-order valence-electron chi connectivity index (χ2n) is 6.60. The summed E-state index contributed by atoms with van der Waals surface area (Å²) in [6, 6.07) is 9.42. The molecule has 1 aromatic carbocycles. The Labute approximate surface area is 117 Å². The molecule has 0 aromatic heterocycles. The lowest BCUT2D eigenvalue weighted by atomic mass is 9.75. The van der Waals surface area contributed by atoms with Crippen molar-refractivity contribution in [3.8, 4) is 5.75 Å². The lowest BCUT2D eigenvalue weighted by Crippen LogP contribution is -2.37. The standard InChI is InChI=1S/C17H27NO/c1-13(14-6-5-7-16(12-14)19-4)18-15-8-10-17(2,3)11-9-15/h5-7,12-13,15,18H,8-11H2,1-4H3/t13-/m0/s1. The third kappa shape index (κ3) is 3.97. The minimum atomic E-state index is 0.390. The summed E-state index contributed by atoms with van der Waals surface area (Å²) < 4.78 is 5.29. The topological polar surface area (TPSA) is 21.3 Å². The van der Waals surface area contributed by atoms with Crippen LogP contribution in [-0.4, -0.2) is 13.2 Å². The largest absolute Gasteiger partial charge is 0.497 e. The van der Waals surface area contributed by atoms with Crippen LogP contribution in [0.2, 0.25) is 0 Å². The van der Waals surface area contributed by atoms with Crippen molar-refractivity contribution in [2.24, 2.45) is 5.41 Å². The van der Waals surface area contributed by atoms with Gasteiger partial charge in [-0.3, -0.25) is 0 Å². The van der Waals surface area contributed by atoms with Crippen LogP contribution in [0.3, 0.4) is 0 Å². The first kappa shape index (κ1) is 14.4. The summed E-state index contributed by atoms with van der Waals surface area (Å²) in [5.74, 6) is 0.941. The Balaban J connectivity index is 1.92. The van der Waals surface area contributed by atoms with Crippen LogP contribution in [0.5, 0.6) is 5.75 Å². The van der Waals surface area contributed by atoms with Crippen LogP contribution in [0.4, 0.5) is 0 Å². The number of hydrogen-bond donors (Lipinski definition) is 1. The molecule has 0 radical (unpaired) electrons. The summed E-state index contributed by atoms with van der Waals surface area (Å²) in [5, 5.41) is 3.77. The average Bonchev–Trinajstić information content (AvgIpc) is 2.41. The Hall–Kier alpha value is -1.02. The van der Waals surface area contributed by atoms with Crippen molar-refractivity contribution >= 4 is 0 Å². The van der Waals surface area contributed by atoms with Crippen LogP contribution in [0.25, 0.3) is 0 Å². The van der Waals surface area contributed by atoms with E-state index >= 15 is 0 Å². The number of hydrogen-bond acceptors (Lipinski definition) is 2. The molecule has 0 heterocycles. The molecular weight excluding hydrogens is 234 g/mol. The molecule has 1 aromatic rings. The fraction of sp³-hybridized carbons (Fsp3) is 0.647. The van der Waals surface area contributed by atoms with Crippen molar-refractivity contribution in [2.45, 2.75) is 58.5 Å². The first-order valence-electron chi connectivity index (χ1n) is 7.40. The smallest absolute Gasteiger partial charge is 0.119 e. The minimum Gasteiger partial charge on any atom is -0.497 e. The first-order valence-corrected chi connectivity index (χ1v) is 7.40. The molecule has 0 unspecified atom stereocenters. The normalized spacial score (nSPS) is 21.1. The third-order valence-electron chi connectivity index (χ3n) is 4.42. The molecule has 1 fully saturated rings. The number of rotatable bonds is 4. The molecule has 0 bridgehead atoms. The third-order valence-corrected chi connectivity index (χ3v) is 4.42. The van der Waals surface area contributed by atoms with Crippen LogP contribution in [0.15, 0.2) is 24.3 Å². The van der Waals surface area contributed by atoms with E-state index in [1.807, 2.05) is 6.07 Å². The summed E-state index contributed by atoms with van der Waals surface area (Å²) in [5.41, 5.74) is 1.85. The van der Waals surface area contributed by atoms with E-state index in [2.05, 4.69) is 44.3 Å². The highest BCUT2D eigenvalue weighted by Gasteiger charge is 2.27.